The highest BCUT2D eigenvalue weighted by atomic mass is 35.5. The van der Waals surface area contributed by atoms with Gasteiger partial charge in [-0.15, -0.1) is 5.10 Å². The number of carbonyl (C=O) groups is 1. The Morgan fingerprint density at radius 3 is 2.90 bits per heavy atom. The minimum atomic E-state index is -0.326. The lowest BCUT2D eigenvalue weighted by Crippen LogP contribution is -2.35. The maximum atomic E-state index is 11.2. The molecule has 2 aromatic rings. The van der Waals surface area contributed by atoms with Crippen molar-refractivity contribution >= 4 is 17.5 Å². The molecule has 0 unspecified atom stereocenters. The maximum absolute atomic E-state index is 11.2. The van der Waals surface area contributed by atoms with Crippen molar-refractivity contribution in [1.29, 1.82) is 0 Å². The molecule has 1 saturated carbocycles. The van der Waals surface area contributed by atoms with Crippen molar-refractivity contribution in [2.75, 3.05) is 6.54 Å². The van der Waals surface area contributed by atoms with Gasteiger partial charge in [-0.25, -0.2) is 4.68 Å². The Bertz CT molecular complexity index is 640. The van der Waals surface area contributed by atoms with Crippen LogP contribution < -0.4 is 5.73 Å². The van der Waals surface area contributed by atoms with E-state index in [1.165, 1.54) is 6.33 Å². The van der Waals surface area contributed by atoms with Crippen LogP contribution >= 0.6 is 11.6 Å². The number of benzene rings is 1. The number of rotatable bonds is 6. The Hall–Kier alpha value is -1.99. The van der Waals surface area contributed by atoms with E-state index in [-0.39, 0.29) is 12.5 Å². The molecule has 1 aromatic carbocycles. The second-order valence-corrected chi connectivity index (χ2v) is 5.57. The molecule has 110 valence electrons. The highest BCUT2D eigenvalue weighted by molar-refractivity contribution is 6.30. The predicted molar refractivity (Wildman–Crippen MR) is 76.8 cm³/mol. The zero-order chi connectivity index (χ0) is 14.8. The van der Waals surface area contributed by atoms with Crippen LogP contribution in [0.25, 0.3) is 5.69 Å². The van der Waals surface area contributed by atoms with Crippen LogP contribution in [0.5, 0.6) is 0 Å². The van der Waals surface area contributed by atoms with Crippen LogP contribution in [0.1, 0.15) is 18.4 Å². The normalized spacial score (nSPS) is 14.6. The molecule has 1 heterocycles. The topological polar surface area (TPSA) is 89.9 Å². The number of hydrogen-bond acceptors (Lipinski definition) is 5. The third kappa shape index (κ3) is 3.37. The average molecular weight is 307 g/mol. The molecule has 1 fully saturated rings. The largest absolute Gasteiger partial charge is 0.369 e. The standard InChI is InChI=1S/C13H15ClN6O/c14-10-1-4-12(20-8-16-17-18-20)9(5-10)6-19(7-13(15)21)11-2-3-11/h1,4-5,8,11H,2-3,6-7H2,(H2,15,21). The first-order chi connectivity index (χ1) is 10.1. The van der Waals surface area contributed by atoms with Gasteiger partial charge in [0.1, 0.15) is 6.33 Å². The molecule has 2 N–H and O–H groups in total. The van der Waals surface area contributed by atoms with Gasteiger partial charge in [-0.05, 0) is 47.0 Å². The van der Waals surface area contributed by atoms with Crippen molar-refractivity contribution in [3.63, 3.8) is 0 Å². The summed E-state index contributed by atoms with van der Waals surface area (Å²) in [4.78, 5) is 13.3. The molecule has 21 heavy (non-hydrogen) atoms. The van der Waals surface area contributed by atoms with Crippen molar-refractivity contribution < 1.29 is 4.79 Å². The first-order valence-corrected chi connectivity index (χ1v) is 7.05. The summed E-state index contributed by atoms with van der Waals surface area (Å²) in [6.07, 6.45) is 3.71. The molecule has 0 radical (unpaired) electrons. The molecule has 0 saturated heterocycles. The summed E-state index contributed by atoms with van der Waals surface area (Å²) in [5.41, 5.74) is 7.14. The van der Waals surface area contributed by atoms with Crippen LogP contribution in [0.2, 0.25) is 5.02 Å². The highest BCUT2D eigenvalue weighted by Crippen LogP contribution is 2.29. The Kier molecular flexibility index (Phi) is 3.85. The van der Waals surface area contributed by atoms with Crippen LogP contribution in [0.3, 0.4) is 0 Å². The van der Waals surface area contributed by atoms with Gasteiger partial charge in [0.25, 0.3) is 0 Å². The third-order valence-corrected chi connectivity index (χ3v) is 3.67. The van der Waals surface area contributed by atoms with E-state index in [2.05, 4.69) is 20.4 Å². The van der Waals surface area contributed by atoms with Crippen molar-refractivity contribution in [3.8, 4) is 5.69 Å². The molecule has 8 heteroatoms. The number of amides is 1. The SMILES string of the molecule is NC(=O)CN(Cc1cc(Cl)ccc1-n1cnnn1)C1CC1. The molecule has 1 aromatic heterocycles. The molecular formula is C13H15ClN6O. The Morgan fingerprint density at radius 2 is 2.29 bits per heavy atom. The lowest BCUT2D eigenvalue weighted by molar-refractivity contribution is -0.119. The molecular weight excluding hydrogens is 292 g/mol. The lowest BCUT2D eigenvalue weighted by Gasteiger charge is -2.21. The second kappa shape index (κ2) is 5.79. The Morgan fingerprint density at radius 1 is 1.48 bits per heavy atom. The van der Waals surface area contributed by atoms with Crippen LogP contribution in [-0.4, -0.2) is 43.6 Å². The van der Waals surface area contributed by atoms with Gasteiger partial charge in [-0.3, -0.25) is 9.69 Å². The number of nitrogens with zero attached hydrogens (tertiary/aromatic N) is 5. The van der Waals surface area contributed by atoms with E-state index in [0.29, 0.717) is 17.6 Å². The molecule has 3 rings (SSSR count). The number of carbonyl (C=O) groups excluding carboxylic acids is 1. The summed E-state index contributed by atoms with van der Waals surface area (Å²) >= 11 is 6.09. The number of hydrogen-bond donors (Lipinski definition) is 1. The second-order valence-electron chi connectivity index (χ2n) is 5.13. The third-order valence-electron chi connectivity index (χ3n) is 3.43. The zero-order valence-corrected chi connectivity index (χ0v) is 12.1. The fourth-order valence-electron chi connectivity index (χ4n) is 2.35. The van der Waals surface area contributed by atoms with E-state index in [1.807, 2.05) is 12.1 Å². The van der Waals surface area contributed by atoms with Crippen molar-refractivity contribution in [3.05, 3.63) is 35.1 Å². The summed E-state index contributed by atoms with van der Waals surface area (Å²) in [7, 11) is 0. The number of primary amides is 1. The molecule has 0 bridgehead atoms. The molecule has 1 amide bonds. The number of tetrazole rings is 1. The quantitative estimate of drug-likeness (QED) is 0.851. The van der Waals surface area contributed by atoms with Gasteiger partial charge in [0.2, 0.25) is 5.91 Å². The van der Waals surface area contributed by atoms with E-state index >= 15 is 0 Å². The molecule has 0 aliphatic heterocycles. The van der Waals surface area contributed by atoms with Crippen LogP contribution in [-0.2, 0) is 11.3 Å². The minimum Gasteiger partial charge on any atom is -0.369 e. The molecule has 0 spiro atoms. The molecule has 1 aliphatic carbocycles. The zero-order valence-electron chi connectivity index (χ0n) is 11.3. The monoisotopic (exact) mass is 306 g/mol. The number of nitrogens with two attached hydrogens (primary N) is 1. The van der Waals surface area contributed by atoms with Crippen molar-refractivity contribution in [1.82, 2.24) is 25.1 Å². The van der Waals surface area contributed by atoms with Gasteiger partial charge in [-0.2, -0.15) is 0 Å². The Labute approximate surface area is 126 Å². The van der Waals surface area contributed by atoms with Crippen LogP contribution in [0.4, 0.5) is 0 Å². The summed E-state index contributed by atoms with van der Waals surface area (Å²) in [6, 6.07) is 5.94. The van der Waals surface area contributed by atoms with E-state index in [0.717, 1.165) is 24.1 Å². The molecule has 0 atom stereocenters. The fourth-order valence-corrected chi connectivity index (χ4v) is 2.54. The van der Waals surface area contributed by atoms with Gasteiger partial charge in [0.15, 0.2) is 0 Å². The summed E-state index contributed by atoms with van der Waals surface area (Å²) in [6.45, 7) is 0.829. The van der Waals surface area contributed by atoms with Crippen molar-refractivity contribution in [2.24, 2.45) is 5.73 Å². The summed E-state index contributed by atoms with van der Waals surface area (Å²) < 4.78 is 1.58. The van der Waals surface area contributed by atoms with E-state index in [9.17, 15) is 4.79 Å². The van der Waals surface area contributed by atoms with E-state index in [1.54, 1.807) is 10.7 Å². The summed E-state index contributed by atoms with van der Waals surface area (Å²) in [5.74, 6) is -0.326. The van der Waals surface area contributed by atoms with Gasteiger partial charge in [0.05, 0.1) is 12.2 Å². The number of halogens is 1. The highest BCUT2D eigenvalue weighted by Gasteiger charge is 2.30. The summed E-state index contributed by atoms with van der Waals surface area (Å²) in [5, 5.41) is 11.8. The molecule has 1 aliphatic rings. The van der Waals surface area contributed by atoms with Crippen LogP contribution in [0, 0.1) is 0 Å². The van der Waals surface area contributed by atoms with Gasteiger partial charge in [0, 0.05) is 17.6 Å². The van der Waals surface area contributed by atoms with Crippen LogP contribution in [0.15, 0.2) is 24.5 Å². The lowest BCUT2D eigenvalue weighted by atomic mass is 10.1. The minimum absolute atomic E-state index is 0.242. The van der Waals surface area contributed by atoms with Crippen molar-refractivity contribution in [2.45, 2.75) is 25.4 Å². The molecule has 7 nitrogen and oxygen atoms in total. The van der Waals surface area contributed by atoms with Gasteiger partial charge >= 0.3 is 0 Å². The van der Waals surface area contributed by atoms with E-state index in [4.69, 9.17) is 17.3 Å². The average Bonchev–Trinajstić information content (AvgIpc) is 3.14. The van der Waals surface area contributed by atoms with Gasteiger partial charge < -0.3 is 5.73 Å². The van der Waals surface area contributed by atoms with E-state index < -0.39 is 0 Å². The smallest absolute Gasteiger partial charge is 0.231 e. The Balaban J connectivity index is 1.89. The first kappa shape index (κ1) is 14.0. The first-order valence-electron chi connectivity index (χ1n) is 6.67. The maximum Gasteiger partial charge on any atom is 0.231 e. The van der Waals surface area contributed by atoms with Gasteiger partial charge in [-0.1, -0.05) is 11.6 Å². The predicted octanol–water partition coefficient (Wildman–Crippen LogP) is 0.765. The fraction of sp³-hybridized carbons (Fsp3) is 0.385. The number of aromatic nitrogens is 4.